The highest BCUT2D eigenvalue weighted by Crippen LogP contribution is 2.20. The topological polar surface area (TPSA) is 56.1 Å². The van der Waals surface area contributed by atoms with Crippen LogP contribution < -0.4 is 10.1 Å². The van der Waals surface area contributed by atoms with Gasteiger partial charge >= 0.3 is 0 Å². The summed E-state index contributed by atoms with van der Waals surface area (Å²) in [5.74, 6) is 2.02. The first-order valence-electron chi connectivity index (χ1n) is 11.7. The van der Waals surface area contributed by atoms with Gasteiger partial charge in [-0.1, -0.05) is 50.3 Å². The van der Waals surface area contributed by atoms with Crippen LogP contribution in [0.4, 0.5) is 0 Å². The lowest BCUT2D eigenvalue weighted by atomic mass is 10.0. The lowest BCUT2D eigenvalue weighted by molar-refractivity contribution is -0.125. The zero-order valence-corrected chi connectivity index (χ0v) is 19.3. The number of rotatable bonds is 13. The third kappa shape index (κ3) is 6.00. The van der Waals surface area contributed by atoms with Crippen molar-refractivity contribution in [2.45, 2.75) is 59.0 Å². The molecule has 1 aromatic heterocycles. The van der Waals surface area contributed by atoms with Gasteiger partial charge in [-0.05, 0) is 55.9 Å². The molecule has 0 radical (unpaired) electrons. The van der Waals surface area contributed by atoms with Crippen molar-refractivity contribution < 1.29 is 9.53 Å². The van der Waals surface area contributed by atoms with Gasteiger partial charge in [0, 0.05) is 12.5 Å². The Balaban J connectivity index is 1.59. The van der Waals surface area contributed by atoms with E-state index in [0.29, 0.717) is 13.2 Å². The Bertz CT molecular complexity index is 1020. The summed E-state index contributed by atoms with van der Waals surface area (Å²) in [5, 5.41) is 3.09. The van der Waals surface area contributed by atoms with E-state index in [1.807, 2.05) is 42.5 Å². The number of carbonyl (C=O) groups is 1. The number of unbranched alkanes of at least 4 members (excludes halogenated alkanes) is 1. The lowest BCUT2D eigenvalue weighted by Gasteiger charge is -2.14. The first kappa shape index (κ1) is 23.6. The molecular weight excluding hydrogens is 398 g/mol. The number of benzene rings is 2. The molecule has 0 spiro atoms. The van der Waals surface area contributed by atoms with Gasteiger partial charge in [0.25, 0.3) is 0 Å². The van der Waals surface area contributed by atoms with Crippen LogP contribution in [-0.4, -0.2) is 22.1 Å². The van der Waals surface area contributed by atoms with E-state index in [0.717, 1.165) is 61.3 Å². The van der Waals surface area contributed by atoms with Crippen LogP contribution in [0.2, 0.25) is 0 Å². The maximum Gasteiger partial charge on any atom is 0.223 e. The van der Waals surface area contributed by atoms with E-state index in [4.69, 9.17) is 9.72 Å². The monoisotopic (exact) mass is 433 g/mol. The van der Waals surface area contributed by atoms with Crippen molar-refractivity contribution in [2.75, 3.05) is 6.61 Å². The zero-order valence-electron chi connectivity index (χ0n) is 19.3. The smallest absolute Gasteiger partial charge is 0.223 e. The molecule has 5 nitrogen and oxygen atoms in total. The zero-order chi connectivity index (χ0) is 22.8. The summed E-state index contributed by atoms with van der Waals surface area (Å²) in [4.78, 5) is 17.2. The minimum atomic E-state index is 0.0638. The van der Waals surface area contributed by atoms with Crippen LogP contribution in [0.5, 0.6) is 5.75 Å². The molecule has 0 atom stereocenters. The maximum absolute atomic E-state index is 12.4. The highest BCUT2D eigenvalue weighted by molar-refractivity contribution is 5.79. The molecule has 1 amide bonds. The minimum absolute atomic E-state index is 0.0638. The Morgan fingerprint density at radius 3 is 2.66 bits per heavy atom. The fourth-order valence-electron chi connectivity index (χ4n) is 4.00. The molecule has 0 aliphatic carbocycles. The SMILES string of the molecule is C=CCc1ccccc1OCCCCn1c(CNC(=O)C(CC)CC)nc2ccccc21. The summed E-state index contributed by atoms with van der Waals surface area (Å²) >= 11 is 0. The number of amides is 1. The van der Waals surface area contributed by atoms with Crippen LogP contribution in [-0.2, 0) is 24.3 Å². The molecule has 0 bridgehead atoms. The standard InChI is InChI=1S/C27H35N3O2/c1-4-13-22-14-7-10-17-25(22)32-19-12-11-18-30-24-16-9-8-15-23(24)29-26(30)20-28-27(31)21(5-2)6-3/h4,7-10,14-17,21H,1,5-6,11-13,18-20H2,2-3H3,(H,28,31). The molecule has 32 heavy (non-hydrogen) atoms. The maximum atomic E-state index is 12.4. The second kappa shape index (κ2) is 12.1. The number of allylic oxidation sites excluding steroid dienone is 1. The summed E-state index contributed by atoms with van der Waals surface area (Å²) in [6, 6.07) is 16.3. The number of nitrogens with one attached hydrogen (secondary N) is 1. The highest BCUT2D eigenvalue weighted by atomic mass is 16.5. The number of nitrogens with zero attached hydrogens (tertiary/aromatic N) is 2. The second-order valence-electron chi connectivity index (χ2n) is 8.06. The number of hydrogen-bond donors (Lipinski definition) is 1. The summed E-state index contributed by atoms with van der Waals surface area (Å²) in [6.45, 7) is 9.90. The van der Waals surface area contributed by atoms with Crippen molar-refractivity contribution in [2.24, 2.45) is 5.92 Å². The molecule has 0 aliphatic rings. The van der Waals surface area contributed by atoms with Gasteiger partial charge in [-0.25, -0.2) is 4.98 Å². The molecule has 1 N–H and O–H groups in total. The Morgan fingerprint density at radius 2 is 1.88 bits per heavy atom. The Hall–Kier alpha value is -3.08. The number of para-hydroxylation sites is 3. The molecule has 2 aromatic carbocycles. The molecular formula is C27H35N3O2. The molecule has 0 aliphatic heterocycles. The minimum Gasteiger partial charge on any atom is -0.493 e. The van der Waals surface area contributed by atoms with Gasteiger partial charge in [0.1, 0.15) is 11.6 Å². The van der Waals surface area contributed by atoms with E-state index in [2.05, 4.69) is 42.4 Å². The second-order valence-corrected chi connectivity index (χ2v) is 8.06. The highest BCUT2D eigenvalue weighted by Gasteiger charge is 2.16. The number of fused-ring (bicyclic) bond motifs is 1. The summed E-state index contributed by atoms with van der Waals surface area (Å²) in [7, 11) is 0. The first-order valence-corrected chi connectivity index (χ1v) is 11.7. The van der Waals surface area contributed by atoms with Crippen molar-refractivity contribution >= 4 is 16.9 Å². The summed E-state index contributed by atoms with van der Waals surface area (Å²) in [6.07, 6.45) is 6.33. The Kier molecular flexibility index (Phi) is 8.90. The normalized spacial score (nSPS) is 11.1. The van der Waals surface area contributed by atoms with E-state index >= 15 is 0 Å². The molecule has 0 saturated carbocycles. The summed E-state index contributed by atoms with van der Waals surface area (Å²) in [5.41, 5.74) is 3.24. The van der Waals surface area contributed by atoms with Gasteiger partial charge in [0.15, 0.2) is 0 Å². The van der Waals surface area contributed by atoms with Crippen LogP contribution in [0.3, 0.4) is 0 Å². The van der Waals surface area contributed by atoms with Crippen molar-refractivity contribution in [3.63, 3.8) is 0 Å². The number of imidazole rings is 1. The fourth-order valence-corrected chi connectivity index (χ4v) is 4.00. The average molecular weight is 434 g/mol. The molecule has 0 unspecified atom stereocenters. The van der Waals surface area contributed by atoms with Crippen LogP contribution in [0, 0.1) is 5.92 Å². The van der Waals surface area contributed by atoms with Gasteiger partial charge in [0.2, 0.25) is 5.91 Å². The van der Waals surface area contributed by atoms with Crippen LogP contribution in [0.1, 0.15) is 50.9 Å². The van der Waals surface area contributed by atoms with Crippen LogP contribution in [0.25, 0.3) is 11.0 Å². The van der Waals surface area contributed by atoms with E-state index in [1.54, 1.807) is 0 Å². The van der Waals surface area contributed by atoms with E-state index in [1.165, 1.54) is 5.56 Å². The van der Waals surface area contributed by atoms with E-state index < -0.39 is 0 Å². The number of ether oxygens (including phenoxy) is 1. The molecule has 1 heterocycles. The molecule has 3 rings (SSSR count). The summed E-state index contributed by atoms with van der Waals surface area (Å²) < 4.78 is 8.26. The molecule has 0 saturated heterocycles. The molecule has 5 heteroatoms. The van der Waals surface area contributed by atoms with E-state index in [-0.39, 0.29) is 11.8 Å². The number of hydrogen-bond acceptors (Lipinski definition) is 3. The van der Waals surface area contributed by atoms with Gasteiger partial charge in [-0.2, -0.15) is 0 Å². The molecule has 3 aromatic rings. The van der Waals surface area contributed by atoms with Crippen LogP contribution >= 0.6 is 0 Å². The Labute approximate surface area is 191 Å². The predicted molar refractivity (Wildman–Crippen MR) is 131 cm³/mol. The lowest BCUT2D eigenvalue weighted by Crippen LogP contribution is -2.30. The fraction of sp³-hybridized carbons (Fsp3) is 0.407. The van der Waals surface area contributed by atoms with Gasteiger partial charge < -0.3 is 14.6 Å². The van der Waals surface area contributed by atoms with Crippen LogP contribution in [0.15, 0.2) is 61.2 Å². The average Bonchev–Trinajstić information content (AvgIpc) is 3.17. The van der Waals surface area contributed by atoms with E-state index in [9.17, 15) is 4.79 Å². The Morgan fingerprint density at radius 1 is 1.12 bits per heavy atom. The van der Waals surface area contributed by atoms with Gasteiger partial charge in [0.05, 0.1) is 24.2 Å². The third-order valence-corrected chi connectivity index (χ3v) is 5.88. The van der Waals surface area contributed by atoms with Crippen molar-refractivity contribution in [3.05, 3.63) is 72.6 Å². The third-order valence-electron chi connectivity index (χ3n) is 5.88. The van der Waals surface area contributed by atoms with Gasteiger partial charge in [-0.15, -0.1) is 6.58 Å². The van der Waals surface area contributed by atoms with Crippen molar-refractivity contribution in [3.8, 4) is 5.75 Å². The van der Waals surface area contributed by atoms with Crippen molar-refractivity contribution in [1.82, 2.24) is 14.9 Å². The molecule has 0 fully saturated rings. The number of aryl methyl sites for hydroxylation is 1. The first-order chi connectivity index (χ1) is 15.7. The molecule has 170 valence electrons. The number of aromatic nitrogens is 2. The van der Waals surface area contributed by atoms with Crippen molar-refractivity contribution in [1.29, 1.82) is 0 Å². The van der Waals surface area contributed by atoms with Gasteiger partial charge in [-0.3, -0.25) is 4.79 Å². The largest absolute Gasteiger partial charge is 0.493 e. The number of carbonyl (C=O) groups excluding carboxylic acids is 1. The quantitative estimate of drug-likeness (QED) is 0.279. The predicted octanol–water partition coefficient (Wildman–Crippen LogP) is 5.68.